The van der Waals surface area contributed by atoms with Gasteiger partial charge in [0.05, 0.1) is 24.6 Å². The van der Waals surface area contributed by atoms with Gasteiger partial charge in [0.15, 0.2) is 0 Å². The molecule has 3 aromatic carbocycles. The number of anilines is 2. The van der Waals surface area contributed by atoms with Crippen molar-refractivity contribution in [3.63, 3.8) is 0 Å². The van der Waals surface area contributed by atoms with E-state index in [1.54, 1.807) is 19.9 Å². The molecule has 0 fully saturated rings. The van der Waals surface area contributed by atoms with Gasteiger partial charge >= 0.3 is 11.9 Å². The molecule has 1 aliphatic heterocycles. The summed E-state index contributed by atoms with van der Waals surface area (Å²) in [7, 11) is 0. The van der Waals surface area contributed by atoms with Gasteiger partial charge in [-0.1, -0.05) is 61.9 Å². The fourth-order valence-corrected chi connectivity index (χ4v) is 5.49. The Bertz CT molecular complexity index is 1400. The van der Waals surface area contributed by atoms with E-state index >= 15 is 0 Å². The summed E-state index contributed by atoms with van der Waals surface area (Å²) >= 11 is 0. The van der Waals surface area contributed by atoms with E-state index in [1.807, 2.05) is 12.1 Å². The van der Waals surface area contributed by atoms with Gasteiger partial charge in [-0.25, -0.2) is 9.59 Å². The Kier molecular flexibility index (Phi) is 7.26. The Morgan fingerprint density at radius 1 is 0.892 bits per heavy atom. The number of ether oxygens (including phenoxy) is 2. The van der Waals surface area contributed by atoms with Crippen LogP contribution >= 0.6 is 0 Å². The van der Waals surface area contributed by atoms with Crippen LogP contribution in [0.1, 0.15) is 49.9 Å². The van der Waals surface area contributed by atoms with Gasteiger partial charge in [-0.05, 0) is 80.3 Å². The van der Waals surface area contributed by atoms with Gasteiger partial charge in [0.25, 0.3) is 0 Å². The predicted octanol–water partition coefficient (Wildman–Crippen LogP) is 7.13. The zero-order valence-corrected chi connectivity index (χ0v) is 22.8. The predicted molar refractivity (Wildman–Crippen MR) is 149 cm³/mol. The second-order valence-electron chi connectivity index (χ2n) is 9.96. The number of aryl methyl sites for hydroxylation is 3. The lowest BCUT2D eigenvalue weighted by atomic mass is 9.81. The van der Waals surface area contributed by atoms with Crippen molar-refractivity contribution in [2.45, 2.75) is 53.9 Å². The number of carbonyl (C=O) groups excluding carboxylic acids is 2. The Morgan fingerprint density at radius 3 is 2.08 bits per heavy atom. The monoisotopic (exact) mass is 497 g/mol. The van der Waals surface area contributed by atoms with Crippen molar-refractivity contribution >= 4 is 34.1 Å². The maximum atomic E-state index is 12.7. The van der Waals surface area contributed by atoms with Crippen LogP contribution in [0.2, 0.25) is 0 Å². The third kappa shape index (κ3) is 4.66. The molecule has 37 heavy (non-hydrogen) atoms. The molecule has 3 aromatic rings. The standard InChI is InChI=1S/C32H35NO4/c1-8-36-30(34)25(31(35)37-9-2)15-17-27-32(6,7)28-24-13-11-10-12-23(24)14-16-26(28)33(27)29-21(4)18-20(3)19-22(29)5/h10-19H,8-9H2,1-7H3/b27-17-. The van der Waals surface area contributed by atoms with Crippen LogP contribution in [0.15, 0.2) is 72.0 Å². The number of rotatable bonds is 6. The Hall–Kier alpha value is -3.86. The van der Waals surface area contributed by atoms with E-state index in [1.165, 1.54) is 21.9 Å². The van der Waals surface area contributed by atoms with E-state index in [2.05, 4.69) is 82.0 Å². The van der Waals surface area contributed by atoms with Gasteiger partial charge in [0.1, 0.15) is 5.57 Å². The van der Waals surface area contributed by atoms with Crippen molar-refractivity contribution in [2.24, 2.45) is 0 Å². The molecule has 5 nitrogen and oxygen atoms in total. The minimum Gasteiger partial charge on any atom is -0.462 e. The zero-order chi connectivity index (χ0) is 26.9. The second kappa shape index (κ2) is 10.3. The highest BCUT2D eigenvalue weighted by Crippen LogP contribution is 2.54. The van der Waals surface area contributed by atoms with E-state index < -0.39 is 17.4 Å². The SMILES string of the molecule is CCOC(=O)C(=C/C=C1\N(c2c(C)cc(C)cc2C)c2ccc3ccccc3c2C1(C)C)C(=O)OCC. The van der Waals surface area contributed by atoms with Gasteiger partial charge in [0, 0.05) is 11.1 Å². The lowest BCUT2D eigenvalue weighted by Gasteiger charge is -2.30. The molecule has 0 spiro atoms. The minimum atomic E-state index is -0.689. The number of hydrogen-bond donors (Lipinski definition) is 0. The molecule has 0 saturated carbocycles. The van der Waals surface area contributed by atoms with Gasteiger partial charge in [-0.15, -0.1) is 0 Å². The highest BCUT2D eigenvalue weighted by molar-refractivity contribution is 6.14. The van der Waals surface area contributed by atoms with Crippen LogP contribution in [0, 0.1) is 20.8 Å². The van der Waals surface area contributed by atoms with Crippen molar-refractivity contribution < 1.29 is 19.1 Å². The van der Waals surface area contributed by atoms with E-state index in [0.717, 1.165) is 28.2 Å². The molecule has 5 heteroatoms. The molecule has 0 unspecified atom stereocenters. The average molecular weight is 498 g/mol. The molecule has 0 amide bonds. The molecule has 0 aliphatic carbocycles. The molecule has 0 N–H and O–H groups in total. The van der Waals surface area contributed by atoms with Crippen LogP contribution in [-0.2, 0) is 24.5 Å². The van der Waals surface area contributed by atoms with E-state index in [0.29, 0.717) is 0 Å². The highest BCUT2D eigenvalue weighted by Gasteiger charge is 2.42. The number of allylic oxidation sites excluding steroid dienone is 3. The maximum absolute atomic E-state index is 12.7. The van der Waals surface area contributed by atoms with Crippen LogP contribution in [0.4, 0.5) is 11.4 Å². The quantitative estimate of drug-likeness (QED) is 0.157. The van der Waals surface area contributed by atoms with Crippen molar-refractivity contribution in [1.82, 2.24) is 0 Å². The van der Waals surface area contributed by atoms with Gasteiger partial charge in [-0.3, -0.25) is 0 Å². The number of esters is 2. The summed E-state index contributed by atoms with van der Waals surface area (Å²) in [5.74, 6) is -1.38. The summed E-state index contributed by atoms with van der Waals surface area (Å²) in [4.78, 5) is 27.6. The molecule has 0 radical (unpaired) electrons. The summed E-state index contributed by atoms with van der Waals surface area (Å²) in [5.41, 5.74) is 7.32. The molecular weight excluding hydrogens is 462 g/mol. The third-order valence-electron chi connectivity index (χ3n) is 6.91. The number of hydrogen-bond acceptors (Lipinski definition) is 5. The number of carbonyl (C=O) groups is 2. The lowest BCUT2D eigenvalue weighted by Crippen LogP contribution is -2.24. The molecule has 0 saturated heterocycles. The first-order chi connectivity index (χ1) is 17.6. The molecule has 1 aliphatic rings. The van der Waals surface area contributed by atoms with E-state index in [-0.39, 0.29) is 18.8 Å². The molecule has 192 valence electrons. The number of benzene rings is 3. The first kappa shape index (κ1) is 26.2. The number of fused-ring (bicyclic) bond motifs is 3. The Labute approximate surface area is 219 Å². The molecule has 1 heterocycles. The molecule has 4 rings (SSSR count). The summed E-state index contributed by atoms with van der Waals surface area (Å²) in [6.07, 6.45) is 3.42. The first-order valence-electron chi connectivity index (χ1n) is 12.8. The third-order valence-corrected chi connectivity index (χ3v) is 6.91. The smallest absolute Gasteiger partial charge is 0.345 e. The van der Waals surface area contributed by atoms with Crippen LogP contribution in [0.25, 0.3) is 10.8 Å². The lowest BCUT2D eigenvalue weighted by molar-refractivity contribution is -0.146. The average Bonchev–Trinajstić information content (AvgIpc) is 3.06. The van der Waals surface area contributed by atoms with Gasteiger partial charge < -0.3 is 14.4 Å². The highest BCUT2D eigenvalue weighted by atomic mass is 16.6. The van der Waals surface area contributed by atoms with Crippen molar-refractivity contribution in [1.29, 1.82) is 0 Å². The van der Waals surface area contributed by atoms with E-state index in [4.69, 9.17) is 9.47 Å². The minimum absolute atomic E-state index is 0.120. The van der Waals surface area contributed by atoms with Crippen LogP contribution in [0.5, 0.6) is 0 Å². The van der Waals surface area contributed by atoms with Crippen LogP contribution < -0.4 is 4.90 Å². The van der Waals surface area contributed by atoms with Gasteiger partial charge in [0.2, 0.25) is 0 Å². The fourth-order valence-electron chi connectivity index (χ4n) is 5.49. The van der Waals surface area contributed by atoms with Crippen molar-refractivity contribution in [3.05, 3.63) is 94.2 Å². The summed E-state index contributed by atoms with van der Waals surface area (Å²) in [6.45, 7) is 14.5. The Balaban J connectivity index is 2.02. The van der Waals surface area contributed by atoms with Crippen molar-refractivity contribution in [2.75, 3.05) is 18.1 Å². The topological polar surface area (TPSA) is 55.8 Å². The molecule has 0 atom stereocenters. The summed E-state index contributed by atoms with van der Waals surface area (Å²) < 4.78 is 10.3. The normalized spacial score (nSPS) is 15.0. The molecule has 0 aromatic heterocycles. The summed E-state index contributed by atoms with van der Waals surface area (Å²) in [5, 5.41) is 2.35. The first-order valence-corrected chi connectivity index (χ1v) is 12.8. The van der Waals surface area contributed by atoms with Crippen molar-refractivity contribution in [3.8, 4) is 0 Å². The second-order valence-corrected chi connectivity index (χ2v) is 9.96. The van der Waals surface area contributed by atoms with Crippen LogP contribution in [-0.4, -0.2) is 25.2 Å². The Morgan fingerprint density at radius 2 is 1.49 bits per heavy atom. The summed E-state index contributed by atoms with van der Waals surface area (Å²) in [6, 6.07) is 17.1. The molecular formula is C32H35NO4. The van der Waals surface area contributed by atoms with E-state index in [9.17, 15) is 9.59 Å². The number of nitrogens with zero attached hydrogens (tertiary/aromatic N) is 1. The maximum Gasteiger partial charge on any atom is 0.345 e. The zero-order valence-electron chi connectivity index (χ0n) is 22.8. The van der Waals surface area contributed by atoms with Crippen LogP contribution in [0.3, 0.4) is 0 Å². The fraction of sp³-hybridized carbons (Fsp3) is 0.312. The largest absolute Gasteiger partial charge is 0.462 e. The molecule has 0 bridgehead atoms. The van der Waals surface area contributed by atoms with Gasteiger partial charge in [-0.2, -0.15) is 0 Å².